The van der Waals surface area contributed by atoms with Crippen LogP contribution in [-0.2, 0) is 9.59 Å². The summed E-state index contributed by atoms with van der Waals surface area (Å²) in [5.74, 6) is -0.293. The quantitative estimate of drug-likeness (QED) is 0.665. The number of nitrogens with zero attached hydrogens (tertiary/aromatic N) is 1. The molecule has 0 spiro atoms. The van der Waals surface area contributed by atoms with E-state index in [2.05, 4.69) is 0 Å². The molecule has 5 nitrogen and oxygen atoms in total. The smallest absolute Gasteiger partial charge is 0.323 e. The lowest BCUT2D eigenvalue weighted by atomic mass is 10.1. The molecular weight excluding hydrogens is 346 g/mol. The van der Waals surface area contributed by atoms with Gasteiger partial charge in [0.05, 0.1) is 4.91 Å². The Hall–Kier alpha value is -2.38. The minimum absolute atomic E-state index is 0.235. The Morgan fingerprint density at radius 1 is 1.33 bits per heavy atom. The number of aliphatic carboxylic acids is 1. The zero-order valence-corrected chi connectivity index (χ0v) is 14.3. The van der Waals surface area contributed by atoms with Crippen LogP contribution in [0.5, 0.6) is 0 Å². The van der Waals surface area contributed by atoms with Gasteiger partial charge in [-0.2, -0.15) is 0 Å². The summed E-state index contributed by atoms with van der Waals surface area (Å²) in [4.78, 5) is 24.5. The van der Waals surface area contributed by atoms with Crippen molar-refractivity contribution in [2.24, 2.45) is 0 Å². The Bertz CT molecular complexity index is 869. The number of carboxylic acid groups (broad SMARTS) is 1. The molecule has 3 rings (SSSR count). The van der Waals surface area contributed by atoms with Crippen molar-refractivity contribution in [2.75, 3.05) is 6.54 Å². The van der Waals surface area contributed by atoms with Crippen LogP contribution in [0.25, 0.3) is 17.4 Å². The van der Waals surface area contributed by atoms with E-state index < -0.39 is 18.4 Å². The molecule has 1 amide bonds. The Balaban J connectivity index is 1.85. The summed E-state index contributed by atoms with van der Waals surface area (Å²) in [5, 5.41) is 8.84. The fraction of sp³-hybridized carbons (Fsp3) is 0.118. The predicted molar refractivity (Wildman–Crippen MR) is 96.4 cm³/mol. The van der Waals surface area contributed by atoms with Crippen molar-refractivity contribution in [3.05, 3.63) is 52.6 Å². The van der Waals surface area contributed by atoms with Crippen LogP contribution in [0.3, 0.4) is 0 Å². The molecule has 0 atom stereocenters. The maximum atomic E-state index is 12.2. The van der Waals surface area contributed by atoms with E-state index in [-0.39, 0.29) is 4.32 Å². The predicted octanol–water partition coefficient (Wildman–Crippen LogP) is 3.54. The molecule has 1 aliphatic heterocycles. The van der Waals surface area contributed by atoms with E-state index in [4.69, 9.17) is 21.7 Å². The summed E-state index contributed by atoms with van der Waals surface area (Å²) in [7, 11) is 0. The number of hydrogen-bond acceptors (Lipinski definition) is 5. The number of benzene rings is 1. The Morgan fingerprint density at radius 2 is 2.08 bits per heavy atom. The van der Waals surface area contributed by atoms with Gasteiger partial charge >= 0.3 is 5.97 Å². The lowest BCUT2D eigenvalue weighted by Gasteiger charge is -2.09. The third-order valence-electron chi connectivity index (χ3n) is 3.48. The lowest BCUT2D eigenvalue weighted by molar-refractivity contribution is -0.140. The van der Waals surface area contributed by atoms with Crippen LogP contribution in [-0.4, -0.2) is 32.7 Å². The first kappa shape index (κ1) is 16.5. The average molecular weight is 359 g/mol. The van der Waals surface area contributed by atoms with Crippen molar-refractivity contribution in [3.63, 3.8) is 0 Å². The molecule has 2 aromatic rings. The van der Waals surface area contributed by atoms with Gasteiger partial charge in [-0.3, -0.25) is 14.5 Å². The van der Waals surface area contributed by atoms with Gasteiger partial charge in [-0.15, -0.1) is 0 Å². The second-order valence-electron chi connectivity index (χ2n) is 5.18. The van der Waals surface area contributed by atoms with Gasteiger partial charge in [-0.25, -0.2) is 0 Å². The summed E-state index contributed by atoms with van der Waals surface area (Å²) >= 11 is 6.13. The number of hydrogen-bond donors (Lipinski definition) is 1. The number of carbonyl (C=O) groups is 2. The highest BCUT2D eigenvalue weighted by molar-refractivity contribution is 8.26. The number of thioether (sulfide) groups is 1. The summed E-state index contributed by atoms with van der Waals surface area (Å²) in [6.45, 7) is 1.56. The molecule has 1 aromatic heterocycles. The maximum Gasteiger partial charge on any atom is 0.323 e. The van der Waals surface area contributed by atoms with Gasteiger partial charge in [0.2, 0.25) is 0 Å². The molecule has 0 radical (unpaired) electrons. The van der Waals surface area contributed by atoms with Crippen LogP contribution in [0, 0.1) is 6.92 Å². The van der Waals surface area contributed by atoms with Crippen LogP contribution >= 0.6 is 24.0 Å². The van der Waals surface area contributed by atoms with Crippen LogP contribution < -0.4 is 0 Å². The number of thiocarbonyl (C=S) groups is 1. The number of rotatable bonds is 4. The van der Waals surface area contributed by atoms with Crippen molar-refractivity contribution in [1.82, 2.24) is 4.90 Å². The summed E-state index contributed by atoms with van der Waals surface area (Å²) in [5.41, 5.74) is 2.07. The zero-order chi connectivity index (χ0) is 17.3. The Kier molecular flexibility index (Phi) is 4.55. The van der Waals surface area contributed by atoms with E-state index in [9.17, 15) is 9.59 Å². The van der Waals surface area contributed by atoms with Crippen LogP contribution in [0.1, 0.15) is 11.3 Å². The minimum atomic E-state index is -1.10. The molecule has 1 N–H and O–H groups in total. The van der Waals surface area contributed by atoms with E-state index in [1.54, 1.807) is 12.1 Å². The number of furan rings is 1. The molecule has 1 saturated heterocycles. The number of amides is 1. The molecule has 0 unspecified atom stereocenters. The maximum absolute atomic E-state index is 12.2. The van der Waals surface area contributed by atoms with Crippen molar-refractivity contribution in [2.45, 2.75) is 6.92 Å². The van der Waals surface area contributed by atoms with Crippen molar-refractivity contribution >= 4 is 46.3 Å². The molecular formula is C17H13NO4S2. The van der Waals surface area contributed by atoms with Crippen molar-refractivity contribution < 1.29 is 19.1 Å². The molecule has 0 saturated carbocycles. The second-order valence-corrected chi connectivity index (χ2v) is 6.85. The second kappa shape index (κ2) is 6.62. The largest absolute Gasteiger partial charge is 0.480 e. The fourth-order valence-corrected chi connectivity index (χ4v) is 3.56. The zero-order valence-electron chi connectivity index (χ0n) is 12.7. The van der Waals surface area contributed by atoms with E-state index >= 15 is 0 Å². The highest BCUT2D eigenvalue weighted by Crippen LogP contribution is 2.33. The number of carboxylic acids is 1. The topological polar surface area (TPSA) is 70.8 Å². The number of carbonyl (C=O) groups excluding carboxylic acids is 1. The fourth-order valence-electron chi connectivity index (χ4n) is 2.33. The van der Waals surface area contributed by atoms with Crippen LogP contribution in [0.4, 0.5) is 0 Å². The van der Waals surface area contributed by atoms with Crippen LogP contribution in [0.15, 0.2) is 45.7 Å². The van der Waals surface area contributed by atoms with E-state index in [1.807, 2.05) is 37.3 Å². The van der Waals surface area contributed by atoms with Crippen LogP contribution in [0.2, 0.25) is 0 Å². The average Bonchev–Trinajstić information content (AvgIpc) is 3.08. The third kappa shape index (κ3) is 3.27. The first-order valence-corrected chi connectivity index (χ1v) is 8.31. The monoisotopic (exact) mass is 359 g/mol. The van der Waals surface area contributed by atoms with Gasteiger partial charge < -0.3 is 9.52 Å². The van der Waals surface area contributed by atoms with Gasteiger partial charge in [0, 0.05) is 11.6 Å². The number of aryl methyl sites for hydroxylation is 1. The highest BCUT2D eigenvalue weighted by Gasteiger charge is 2.33. The van der Waals surface area contributed by atoms with E-state index in [1.165, 1.54) is 0 Å². The Morgan fingerprint density at radius 3 is 2.79 bits per heavy atom. The Labute approximate surface area is 148 Å². The van der Waals surface area contributed by atoms with Gasteiger partial charge in [0.1, 0.15) is 22.4 Å². The molecule has 2 heterocycles. The van der Waals surface area contributed by atoms with E-state index in [0.29, 0.717) is 16.4 Å². The normalized spacial score (nSPS) is 16.2. The van der Waals surface area contributed by atoms with Crippen molar-refractivity contribution in [1.29, 1.82) is 0 Å². The molecule has 0 aliphatic carbocycles. The summed E-state index contributed by atoms with van der Waals surface area (Å²) in [6.07, 6.45) is 1.59. The molecule has 0 bridgehead atoms. The highest BCUT2D eigenvalue weighted by atomic mass is 32.2. The molecule has 122 valence electrons. The summed E-state index contributed by atoms with van der Waals surface area (Å²) in [6, 6.07) is 11.5. The van der Waals surface area contributed by atoms with Gasteiger partial charge in [0.15, 0.2) is 0 Å². The first-order chi connectivity index (χ1) is 11.5. The summed E-state index contributed by atoms with van der Waals surface area (Å²) < 4.78 is 6.03. The molecule has 1 fully saturated rings. The molecule has 1 aliphatic rings. The molecule has 24 heavy (non-hydrogen) atoms. The molecule has 1 aromatic carbocycles. The first-order valence-electron chi connectivity index (χ1n) is 7.08. The lowest BCUT2D eigenvalue weighted by Crippen LogP contribution is -2.33. The SMILES string of the molecule is Cc1ccccc1-c1ccc(/C=C2\SC(=S)N(CC(=O)O)C2=O)o1. The van der Waals surface area contributed by atoms with Crippen molar-refractivity contribution in [3.8, 4) is 11.3 Å². The minimum Gasteiger partial charge on any atom is -0.480 e. The van der Waals surface area contributed by atoms with Gasteiger partial charge in [-0.1, -0.05) is 48.2 Å². The molecule has 7 heteroatoms. The third-order valence-corrected chi connectivity index (χ3v) is 4.86. The van der Waals surface area contributed by atoms with Gasteiger partial charge in [0.25, 0.3) is 5.91 Å². The van der Waals surface area contributed by atoms with E-state index in [0.717, 1.165) is 27.8 Å². The van der Waals surface area contributed by atoms with Gasteiger partial charge in [-0.05, 0) is 24.6 Å². The standard InChI is InChI=1S/C17H13NO4S2/c1-10-4-2-3-5-12(10)13-7-6-11(22-13)8-14-16(21)18(9-15(19)20)17(23)24-14/h2-8H,9H2,1H3,(H,19,20)/b14-8-.